The van der Waals surface area contributed by atoms with E-state index in [0.29, 0.717) is 6.07 Å². The number of carbonyl (C=O) groups excluding carboxylic acids is 1. The van der Waals surface area contributed by atoms with Crippen molar-refractivity contribution in [2.45, 2.75) is 6.18 Å². The molecule has 0 aliphatic carbocycles. The van der Waals surface area contributed by atoms with Crippen molar-refractivity contribution in [2.24, 2.45) is 0 Å². The van der Waals surface area contributed by atoms with Crippen molar-refractivity contribution < 1.29 is 22.7 Å². The number of hydrogen-bond acceptors (Lipinski definition) is 6. The van der Waals surface area contributed by atoms with E-state index >= 15 is 0 Å². The van der Waals surface area contributed by atoms with E-state index in [0.717, 1.165) is 16.0 Å². The van der Waals surface area contributed by atoms with Gasteiger partial charge in [-0.15, -0.1) is 10.2 Å². The van der Waals surface area contributed by atoms with Crippen LogP contribution in [0.15, 0.2) is 35.8 Å². The molecule has 12 heteroatoms. The van der Waals surface area contributed by atoms with Gasteiger partial charge in [0.1, 0.15) is 5.51 Å². The zero-order valence-electron chi connectivity index (χ0n) is 12.7. The molecule has 0 saturated heterocycles. The number of rotatable bonds is 5. The minimum absolute atomic E-state index is 0.174. The monoisotopic (exact) mass is 403 g/mol. The molecule has 0 spiro atoms. The van der Waals surface area contributed by atoms with E-state index < -0.39 is 24.4 Å². The maximum absolute atomic E-state index is 13.0. The fourth-order valence-corrected chi connectivity index (χ4v) is 2.60. The van der Waals surface area contributed by atoms with Gasteiger partial charge in [0, 0.05) is 6.07 Å². The van der Waals surface area contributed by atoms with Crippen LogP contribution in [0.2, 0.25) is 5.02 Å². The summed E-state index contributed by atoms with van der Waals surface area (Å²) in [5.74, 6) is -0.889. The number of para-hydroxylation sites is 1. The number of nitrogens with zero attached hydrogens (tertiary/aromatic N) is 4. The lowest BCUT2D eigenvalue weighted by molar-refractivity contribution is -0.141. The molecule has 0 bridgehead atoms. The predicted molar refractivity (Wildman–Crippen MR) is 87.6 cm³/mol. The molecule has 0 saturated carbocycles. The van der Waals surface area contributed by atoms with E-state index in [1.807, 2.05) is 0 Å². The summed E-state index contributed by atoms with van der Waals surface area (Å²) < 4.78 is 45.1. The molecule has 0 radical (unpaired) electrons. The number of alkyl halides is 3. The smallest absolute Gasteiger partial charge is 0.435 e. The number of aromatic nitrogens is 4. The minimum Gasteiger partial charge on any atom is -0.467 e. The van der Waals surface area contributed by atoms with Gasteiger partial charge < -0.3 is 4.74 Å². The Bertz CT molecular complexity index is 914. The highest BCUT2D eigenvalue weighted by molar-refractivity contribution is 7.13. The molecule has 1 N–H and O–H groups in total. The van der Waals surface area contributed by atoms with Gasteiger partial charge in [-0.3, -0.25) is 10.1 Å². The average Bonchev–Trinajstić information content (AvgIpc) is 3.22. The molecule has 7 nitrogen and oxygen atoms in total. The van der Waals surface area contributed by atoms with E-state index in [1.54, 1.807) is 12.1 Å². The Labute approximate surface area is 153 Å². The third-order valence-electron chi connectivity index (χ3n) is 3.01. The number of anilines is 1. The molecule has 1 aromatic carbocycles. The van der Waals surface area contributed by atoms with Crippen molar-refractivity contribution in [2.75, 3.05) is 11.9 Å². The predicted octanol–water partition coefficient (Wildman–Crippen LogP) is 3.41. The first-order valence-electron chi connectivity index (χ1n) is 6.95. The van der Waals surface area contributed by atoms with Crippen LogP contribution in [-0.2, 0) is 11.0 Å². The van der Waals surface area contributed by atoms with Crippen LogP contribution >= 0.6 is 22.9 Å². The second-order valence-corrected chi connectivity index (χ2v) is 6.05. The molecule has 0 atom stereocenters. The first-order chi connectivity index (χ1) is 12.3. The Morgan fingerprint density at radius 2 is 2.12 bits per heavy atom. The number of ether oxygens (including phenoxy) is 1. The zero-order chi connectivity index (χ0) is 18.7. The molecule has 26 heavy (non-hydrogen) atoms. The third kappa shape index (κ3) is 4.11. The highest BCUT2D eigenvalue weighted by atomic mass is 35.5. The van der Waals surface area contributed by atoms with Crippen molar-refractivity contribution in [3.63, 3.8) is 0 Å². The second kappa shape index (κ2) is 7.30. The molecule has 2 heterocycles. The molecule has 0 aliphatic heterocycles. The number of halogens is 4. The van der Waals surface area contributed by atoms with Crippen LogP contribution in [0.4, 0.5) is 18.3 Å². The maximum Gasteiger partial charge on any atom is 0.435 e. The molecule has 1 amide bonds. The van der Waals surface area contributed by atoms with Crippen LogP contribution in [0, 0.1) is 0 Å². The van der Waals surface area contributed by atoms with Gasteiger partial charge in [0.2, 0.25) is 11.0 Å². The normalized spacial score (nSPS) is 11.4. The van der Waals surface area contributed by atoms with Crippen LogP contribution in [0.1, 0.15) is 5.69 Å². The lowest BCUT2D eigenvalue weighted by Crippen LogP contribution is -2.21. The average molecular weight is 404 g/mol. The number of benzene rings is 1. The summed E-state index contributed by atoms with van der Waals surface area (Å²) in [5, 5.41) is 13.5. The first kappa shape index (κ1) is 18.1. The van der Waals surface area contributed by atoms with Crippen LogP contribution in [0.5, 0.6) is 5.88 Å². The van der Waals surface area contributed by atoms with Gasteiger partial charge in [0.15, 0.2) is 12.3 Å². The zero-order valence-corrected chi connectivity index (χ0v) is 14.3. The van der Waals surface area contributed by atoms with Crippen LogP contribution in [0.3, 0.4) is 0 Å². The number of hydrogen-bond donors (Lipinski definition) is 1. The SMILES string of the molecule is O=C(COc1cc(C(F)(F)F)nn1-c1ccccc1Cl)Nc1nncs1. The summed E-state index contributed by atoms with van der Waals surface area (Å²) in [4.78, 5) is 11.8. The molecule has 0 aliphatic rings. The van der Waals surface area contributed by atoms with Crippen molar-refractivity contribution in [3.05, 3.63) is 46.6 Å². The van der Waals surface area contributed by atoms with E-state index in [1.165, 1.54) is 17.6 Å². The Hall–Kier alpha value is -2.66. The number of nitrogens with one attached hydrogen (secondary N) is 1. The molecule has 3 aromatic rings. The molecule has 2 aromatic heterocycles. The van der Waals surface area contributed by atoms with E-state index in [-0.39, 0.29) is 21.7 Å². The van der Waals surface area contributed by atoms with Crippen molar-refractivity contribution in [1.29, 1.82) is 0 Å². The fraction of sp³-hybridized carbons (Fsp3) is 0.143. The highest BCUT2D eigenvalue weighted by Crippen LogP contribution is 2.33. The van der Waals surface area contributed by atoms with Crippen molar-refractivity contribution in [1.82, 2.24) is 20.0 Å². The van der Waals surface area contributed by atoms with E-state index in [2.05, 4.69) is 20.6 Å². The summed E-state index contributed by atoms with van der Waals surface area (Å²) in [5.41, 5.74) is 0.430. The van der Waals surface area contributed by atoms with Crippen LogP contribution < -0.4 is 10.1 Å². The fourth-order valence-electron chi connectivity index (χ4n) is 1.92. The van der Waals surface area contributed by atoms with Gasteiger partial charge in [-0.05, 0) is 12.1 Å². The van der Waals surface area contributed by atoms with Gasteiger partial charge in [-0.2, -0.15) is 23.0 Å². The van der Waals surface area contributed by atoms with Crippen molar-refractivity contribution in [3.8, 4) is 11.6 Å². The van der Waals surface area contributed by atoms with Gasteiger partial charge in [-0.1, -0.05) is 35.1 Å². The second-order valence-electron chi connectivity index (χ2n) is 4.81. The van der Waals surface area contributed by atoms with E-state index in [4.69, 9.17) is 16.3 Å². The summed E-state index contributed by atoms with van der Waals surface area (Å²) in [6.07, 6.45) is -4.68. The molecule has 136 valence electrons. The summed E-state index contributed by atoms with van der Waals surface area (Å²) in [7, 11) is 0. The lowest BCUT2D eigenvalue weighted by Gasteiger charge is -2.10. The Morgan fingerprint density at radius 3 is 2.77 bits per heavy atom. The molecular formula is C14H9ClF3N5O2S. The summed E-state index contributed by atoms with van der Waals surface area (Å²) in [6.45, 7) is -0.549. The first-order valence-corrected chi connectivity index (χ1v) is 8.21. The van der Waals surface area contributed by atoms with Gasteiger partial charge in [0.25, 0.3) is 5.91 Å². The number of amides is 1. The lowest BCUT2D eigenvalue weighted by atomic mass is 10.3. The van der Waals surface area contributed by atoms with Crippen LogP contribution in [0.25, 0.3) is 5.69 Å². The molecule has 0 fully saturated rings. The minimum atomic E-state index is -4.68. The molecule has 3 rings (SSSR count). The van der Waals surface area contributed by atoms with Crippen LogP contribution in [-0.4, -0.2) is 32.5 Å². The molecule has 0 unspecified atom stereocenters. The standard InChI is InChI=1S/C14H9ClF3N5O2S/c15-8-3-1-2-4-9(8)23-12(5-10(22-23)14(16,17)18)25-6-11(24)20-13-21-19-7-26-13/h1-5,7H,6H2,(H,20,21,24). The Balaban J connectivity index is 1.84. The Kier molecular flexibility index (Phi) is 5.09. The topological polar surface area (TPSA) is 81.9 Å². The third-order valence-corrected chi connectivity index (χ3v) is 3.93. The molecular weight excluding hydrogens is 395 g/mol. The largest absolute Gasteiger partial charge is 0.467 e. The van der Waals surface area contributed by atoms with E-state index in [9.17, 15) is 18.0 Å². The Morgan fingerprint density at radius 1 is 1.35 bits per heavy atom. The number of carbonyl (C=O) groups is 1. The quantitative estimate of drug-likeness (QED) is 0.706. The maximum atomic E-state index is 13.0. The van der Waals surface area contributed by atoms with Gasteiger partial charge in [0.05, 0.1) is 10.7 Å². The highest BCUT2D eigenvalue weighted by Gasteiger charge is 2.36. The van der Waals surface area contributed by atoms with Gasteiger partial charge >= 0.3 is 6.18 Å². The van der Waals surface area contributed by atoms with Gasteiger partial charge in [-0.25, -0.2) is 0 Å². The summed E-state index contributed by atoms with van der Waals surface area (Å²) >= 11 is 7.11. The summed E-state index contributed by atoms with van der Waals surface area (Å²) in [6, 6.07) is 6.88. The van der Waals surface area contributed by atoms with Crippen molar-refractivity contribution >= 4 is 34.0 Å².